The van der Waals surface area contributed by atoms with Crippen molar-refractivity contribution in [2.24, 2.45) is 0 Å². The zero-order valence-corrected chi connectivity index (χ0v) is 10.8. The van der Waals surface area contributed by atoms with Gasteiger partial charge >= 0.3 is 0 Å². The molecule has 0 unspecified atom stereocenters. The average molecular weight is 262 g/mol. The Morgan fingerprint density at radius 2 is 2.18 bits per heavy atom. The molecule has 0 saturated carbocycles. The van der Waals surface area contributed by atoms with Gasteiger partial charge in [-0.15, -0.1) is 11.3 Å². The monoisotopic (exact) mass is 262 g/mol. The number of benzene rings is 1. The van der Waals surface area contributed by atoms with Gasteiger partial charge in [0.25, 0.3) is 0 Å². The minimum atomic E-state index is 0.854. The molecule has 0 spiro atoms. The number of ether oxygens (including phenoxy) is 2. The van der Waals surface area contributed by atoms with Gasteiger partial charge in [-0.2, -0.15) is 0 Å². The highest BCUT2D eigenvalue weighted by Crippen LogP contribution is 2.41. The Balaban J connectivity index is 1.92. The molecule has 0 aliphatic carbocycles. The zero-order valence-electron chi connectivity index (χ0n) is 9.17. The van der Waals surface area contributed by atoms with Crippen molar-refractivity contribution >= 4 is 28.9 Å². The maximum atomic E-state index is 5.87. The first-order chi connectivity index (χ1) is 8.36. The van der Waals surface area contributed by atoms with Crippen LogP contribution in [0.5, 0.6) is 11.5 Å². The van der Waals surface area contributed by atoms with Gasteiger partial charge in [0.05, 0.1) is 16.9 Å². The number of thioether (sulfide) groups is 1. The molecule has 0 bridgehead atoms. The molecular weight excluding hydrogens is 252 g/mol. The summed E-state index contributed by atoms with van der Waals surface area (Å²) in [5.74, 6) is 2.66. The summed E-state index contributed by atoms with van der Waals surface area (Å²) in [7, 11) is 1.67. The summed E-state index contributed by atoms with van der Waals surface area (Å²) in [5, 5.41) is 4.08. The van der Waals surface area contributed by atoms with Crippen LogP contribution in [0.25, 0.3) is 5.76 Å². The minimum absolute atomic E-state index is 0.854. The van der Waals surface area contributed by atoms with E-state index in [1.807, 2.05) is 35.1 Å². The summed E-state index contributed by atoms with van der Waals surface area (Å²) in [4.78, 5) is 2.24. The van der Waals surface area contributed by atoms with Crippen molar-refractivity contribution < 1.29 is 9.47 Å². The van der Waals surface area contributed by atoms with E-state index in [0.717, 1.165) is 27.0 Å². The van der Waals surface area contributed by atoms with Gasteiger partial charge in [-0.1, -0.05) is 17.8 Å². The maximum Gasteiger partial charge on any atom is 0.151 e. The Morgan fingerprint density at radius 3 is 2.94 bits per heavy atom. The highest BCUT2D eigenvalue weighted by Gasteiger charge is 2.15. The van der Waals surface area contributed by atoms with Crippen molar-refractivity contribution in [1.82, 2.24) is 0 Å². The van der Waals surface area contributed by atoms with E-state index in [0.29, 0.717) is 0 Å². The minimum Gasteiger partial charge on any atom is -0.497 e. The third-order valence-corrected chi connectivity index (χ3v) is 4.22. The fourth-order valence-corrected chi connectivity index (χ4v) is 3.15. The van der Waals surface area contributed by atoms with Crippen molar-refractivity contribution in [2.45, 2.75) is 4.90 Å². The first-order valence-electron chi connectivity index (χ1n) is 5.13. The molecular formula is C13H10O2S2. The standard InChI is InChI=1S/C13H10O2S2/c1-14-9-4-5-10-13(7-9)17-8-11(15-10)12-3-2-6-16-12/h2-8H,1H3. The summed E-state index contributed by atoms with van der Waals surface area (Å²) < 4.78 is 11.1. The van der Waals surface area contributed by atoms with Crippen LogP contribution in [0.4, 0.5) is 0 Å². The van der Waals surface area contributed by atoms with Crippen molar-refractivity contribution in [3.8, 4) is 11.5 Å². The van der Waals surface area contributed by atoms with Gasteiger partial charge in [-0.3, -0.25) is 0 Å². The molecule has 17 heavy (non-hydrogen) atoms. The van der Waals surface area contributed by atoms with Crippen LogP contribution in [0.3, 0.4) is 0 Å². The van der Waals surface area contributed by atoms with Crippen LogP contribution in [-0.2, 0) is 0 Å². The summed E-state index contributed by atoms with van der Waals surface area (Å²) in [6.45, 7) is 0. The van der Waals surface area contributed by atoms with Crippen LogP contribution in [0.15, 0.2) is 46.0 Å². The lowest BCUT2D eigenvalue weighted by Gasteiger charge is -2.17. The van der Waals surface area contributed by atoms with Crippen LogP contribution < -0.4 is 9.47 Å². The molecule has 0 amide bonds. The van der Waals surface area contributed by atoms with Crippen LogP contribution >= 0.6 is 23.1 Å². The number of fused-ring (bicyclic) bond motifs is 1. The quantitative estimate of drug-likeness (QED) is 0.806. The molecule has 0 fully saturated rings. The predicted octanol–water partition coefficient (Wildman–Crippen LogP) is 4.24. The van der Waals surface area contributed by atoms with Gasteiger partial charge < -0.3 is 9.47 Å². The molecule has 0 radical (unpaired) electrons. The molecule has 3 rings (SSSR count). The summed E-state index contributed by atoms with van der Waals surface area (Å²) in [5.41, 5.74) is 0. The third kappa shape index (κ3) is 2.06. The van der Waals surface area contributed by atoms with Gasteiger partial charge in [0.1, 0.15) is 11.5 Å². The smallest absolute Gasteiger partial charge is 0.151 e. The van der Waals surface area contributed by atoms with Crippen LogP contribution in [-0.4, -0.2) is 7.11 Å². The normalized spacial score (nSPS) is 13.6. The maximum absolute atomic E-state index is 5.87. The van der Waals surface area contributed by atoms with E-state index in [9.17, 15) is 0 Å². The topological polar surface area (TPSA) is 18.5 Å². The fourth-order valence-electron chi connectivity index (χ4n) is 1.58. The predicted molar refractivity (Wildman–Crippen MR) is 71.8 cm³/mol. The molecule has 1 aromatic carbocycles. The Hall–Kier alpha value is -1.39. The van der Waals surface area contributed by atoms with Crippen LogP contribution in [0.2, 0.25) is 0 Å². The van der Waals surface area contributed by atoms with E-state index in [1.165, 1.54) is 0 Å². The molecule has 1 aliphatic rings. The second-order valence-electron chi connectivity index (χ2n) is 3.49. The average Bonchev–Trinajstić information content (AvgIpc) is 2.91. The van der Waals surface area contributed by atoms with E-state index in [2.05, 4.69) is 6.07 Å². The molecule has 2 nitrogen and oxygen atoms in total. The Labute approximate surface area is 108 Å². The molecule has 2 aromatic rings. The summed E-state index contributed by atoms with van der Waals surface area (Å²) in [6, 6.07) is 9.93. The molecule has 0 N–H and O–H groups in total. The molecule has 0 atom stereocenters. The molecule has 1 aromatic heterocycles. The van der Waals surface area contributed by atoms with Gasteiger partial charge in [-0.05, 0) is 29.6 Å². The molecule has 0 saturated heterocycles. The van der Waals surface area contributed by atoms with Crippen molar-refractivity contribution in [1.29, 1.82) is 0 Å². The number of hydrogen-bond donors (Lipinski definition) is 0. The lowest BCUT2D eigenvalue weighted by Crippen LogP contribution is -1.98. The third-order valence-electron chi connectivity index (χ3n) is 2.43. The fraction of sp³-hybridized carbons (Fsp3) is 0.0769. The zero-order chi connectivity index (χ0) is 11.7. The van der Waals surface area contributed by atoms with Crippen LogP contribution in [0.1, 0.15) is 4.88 Å². The van der Waals surface area contributed by atoms with E-state index in [1.54, 1.807) is 30.2 Å². The largest absolute Gasteiger partial charge is 0.497 e. The Kier molecular flexibility index (Phi) is 2.82. The Bertz CT molecular complexity index is 559. The molecule has 2 heterocycles. The van der Waals surface area contributed by atoms with Gasteiger partial charge in [0, 0.05) is 5.41 Å². The van der Waals surface area contributed by atoms with E-state index in [-0.39, 0.29) is 0 Å². The van der Waals surface area contributed by atoms with E-state index >= 15 is 0 Å². The molecule has 86 valence electrons. The second-order valence-corrected chi connectivity index (χ2v) is 5.35. The van der Waals surface area contributed by atoms with E-state index < -0.39 is 0 Å². The molecule has 1 aliphatic heterocycles. The van der Waals surface area contributed by atoms with Gasteiger partial charge in [0.15, 0.2) is 5.76 Å². The van der Waals surface area contributed by atoms with Crippen molar-refractivity contribution in [3.05, 3.63) is 46.0 Å². The summed E-state index contributed by atoms with van der Waals surface area (Å²) >= 11 is 3.34. The van der Waals surface area contributed by atoms with Crippen molar-refractivity contribution in [3.63, 3.8) is 0 Å². The molecule has 4 heteroatoms. The van der Waals surface area contributed by atoms with Crippen LogP contribution in [0, 0.1) is 0 Å². The van der Waals surface area contributed by atoms with Crippen molar-refractivity contribution in [2.75, 3.05) is 7.11 Å². The van der Waals surface area contributed by atoms with Gasteiger partial charge in [0.2, 0.25) is 0 Å². The number of rotatable bonds is 2. The van der Waals surface area contributed by atoms with E-state index in [4.69, 9.17) is 9.47 Å². The highest BCUT2D eigenvalue weighted by molar-refractivity contribution is 8.02. The first kappa shape index (κ1) is 10.7. The SMILES string of the molecule is COc1ccc2c(c1)SC=C(c1cccs1)O2. The summed E-state index contributed by atoms with van der Waals surface area (Å²) in [6.07, 6.45) is 0. The number of thiophene rings is 1. The van der Waals surface area contributed by atoms with Gasteiger partial charge in [-0.25, -0.2) is 0 Å². The first-order valence-corrected chi connectivity index (χ1v) is 6.89. The Morgan fingerprint density at radius 1 is 1.24 bits per heavy atom. The lowest BCUT2D eigenvalue weighted by molar-refractivity contribution is 0.411. The number of hydrogen-bond acceptors (Lipinski definition) is 4. The number of methoxy groups -OCH3 is 1. The second kappa shape index (κ2) is 4.47. The lowest BCUT2D eigenvalue weighted by atomic mass is 10.3. The highest BCUT2D eigenvalue weighted by atomic mass is 32.2.